The van der Waals surface area contributed by atoms with Gasteiger partial charge in [-0.2, -0.15) is 11.8 Å². The van der Waals surface area contributed by atoms with Gasteiger partial charge in [0.05, 0.1) is 17.0 Å². The van der Waals surface area contributed by atoms with Gasteiger partial charge >= 0.3 is 0 Å². The summed E-state index contributed by atoms with van der Waals surface area (Å²) < 4.78 is 0. The molecule has 0 aromatic heterocycles. The molecule has 0 aliphatic carbocycles. The molecule has 1 saturated heterocycles. The monoisotopic (exact) mass is 408 g/mol. The lowest BCUT2D eigenvalue weighted by atomic mass is 10.1. The minimum atomic E-state index is -0.327. The number of hydrogen-bond acceptors (Lipinski definition) is 3. The second-order valence-corrected chi connectivity index (χ2v) is 8.01. The summed E-state index contributed by atoms with van der Waals surface area (Å²) in [4.78, 5) is 26.6. The molecule has 2 amide bonds. The predicted octanol–water partition coefficient (Wildman–Crippen LogP) is 4.36. The number of hydrogen-bond donors (Lipinski definition) is 1. The summed E-state index contributed by atoms with van der Waals surface area (Å²) in [5.74, 6) is 1.82. The van der Waals surface area contributed by atoms with Crippen molar-refractivity contribution in [1.82, 2.24) is 4.90 Å². The van der Waals surface area contributed by atoms with Crippen molar-refractivity contribution >= 4 is 52.5 Å². The molecule has 1 heterocycles. The number of nitrogens with one attached hydrogen (secondary N) is 1. The summed E-state index contributed by atoms with van der Waals surface area (Å²) in [5, 5.41) is 3.58. The minimum Gasteiger partial charge on any atom is -0.341 e. The largest absolute Gasteiger partial charge is 0.341 e. The van der Waals surface area contributed by atoms with Crippen molar-refractivity contribution in [2.45, 2.75) is 6.42 Å². The third-order valence-corrected chi connectivity index (χ3v) is 5.61. The third kappa shape index (κ3) is 4.93. The van der Waals surface area contributed by atoms with E-state index in [2.05, 4.69) is 5.32 Å². The topological polar surface area (TPSA) is 49.4 Å². The fraction of sp³-hybridized carbons (Fsp3) is 0.263. The Bertz CT molecular complexity index is 806. The average Bonchev–Trinajstić information content (AvgIpc) is 2.66. The van der Waals surface area contributed by atoms with E-state index >= 15 is 0 Å². The molecule has 1 fully saturated rings. The zero-order valence-corrected chi connectivity index (χ0v) is 16.3. The van der Waals surface area contributed by atoms with Crippen molar-refractivity contribution in [2.75, 3.05) is 29.9 Å². The SMILES string of the molecule is O=C(Nc1ccc(CC(=O)N2CCSCC2)cc1)c1cc(Cl)ccc1Cl. The molecule has 0 unspecified atom stereocenters. The van der Waals surface area contributed by atoms with E-state index in [9.17, 15) is 9.59 Å². The highest BCUT2D eigenvalue weighted by molar-refractivity contribution is 7.99. The molecule has 1 aliphatic rings. The number of amides is 2. The standard InChI is InChI=1S/C19H18Cl2N2O2S/c20-14-3-6-17(21)16(12-14)19(25)22-15-4-1-13(2-5-15)11-18(24)23-7-9-26-10-8-23/h1-6,12H,7-11H2,(H,22,25). The summed E-state index contributed by atoms with van der Waals surface area (Å²) in [5.41, 5.74) is 1.88. The maximum atomic E-state index is 12.3. The molecule has 3 rings (SSSR count). The first-order valence-corrected chi connectivity index (χ1v) is 10.1. The van der Waals surface area contributed by atoms with Crippen LogP contribution in [0.5, 0.6) is 0 Å². The molecular formula is C19H18Cl2N2O2S. The number of anilines is 1. The van der Waals surface area contributed by atoms with Gasteiger partial charge in [-0.05, 0) is 35.9 Å². The van der Waals surface area contributed by atoms with Crippen molar-refractivity contribution in [3.05, 3.63) is 63.6 Å². The van der Waals surface area contributed by atoms with Crippen LogP contribution in [-0.2, 0) is 11.2 Å². The van der Waals surface area contributed by atoms with E-state index in [1.165, 1.54) is 6.07 Å². The number of benzene rings is 2. The Hall–Kier alpha value is -1.69. The van der Waals surface area contributed by atoms with Crippen molar-refractivity contribution < 1.29 is 9.59 Å². The smallest absolute Gasteiger partial charge is 0.257 e. The molecular weight excluding hydrogens is 391 g/mol. The van der Waals surface area contributed by atoms with E-state index < -0.39 is 0 Å². The van der Waals surface area contributed by atoms with Crippen LogP contribution in [-0.4, -0.2) is 41.3 Å². The van der Waals surface area contributed by atoms with Crippen LogP contribution >= 0.6 is 35.0 Å². The van der Waals surface area contributed by atoms with E-state index in [4.69, 9.17) is 23.2 Å². The van der Waals surface area contributed by atoms with Crippen LogP contribution in [0.4, 0.5) is 5.69 Å². The minimum absolute atomic E-state index is 0.146. The van der Waals surface area contributed by atoms with E-state index in [0.717, 1.165) is 30.2 Å². The summed E-state index contributed by atoms with van der Waals surface area (Å²) in [7, 11) is 0. The number of carbonyl (C=O) groups is 2. The maximum absolute atomic E-state index is 12.3. The number of rotatable bonds is 4. The fourth-order valence-corrected chi connectivity index (χ4v) is 3.95. The predicted molar refractivity (Wildman–Crippen MR) is 108 cm³/mol. The first-order chi connectivity index (χ1) is 12.5. The van der Waals surface area contributed by atoms with Gasteiger partial charge in [0.1, 0.15) is 0 Å². The zero-order chi connectivity index (χ0) is 18.5. The molecule has 4 nitrogen and oxygen atoms in total. The molecule has 1 aliphatic heterocycles. The Morgan fingerprint density at radius 3 is 2.42 bits per heavy atom. The van der Waals surface area contributed by atoms with E-state index in [-0.39, 0.29) is 11.8 Å². The Morgan fingerprint density at radius 1 is 1.04 bits per heavy atom. The number of nitrogens with zero attached hydrogens (tertiary/aromatic N) is 1. The number of carbonyl (C=O) groups excluding carboxylic acids is 2. The highest BCUT2D eigenvalue weighted by Crippen LogP contribution is 2.22. The second-order valence-electron chi connectivity index (χ2n) is 5.95. The zero-order valence-electron chi connectivity index (χ0n) is 14.0. The highest BCUT2D eigenvalue weighted by Gasteiger charge is 2.17. The molecule has 136 valence electrons. The van der Waals surface area contributed by atoms with E-state index in [1.807, 2.05) is 28.8 Å². The lowest BCUT2D eigenvalue weighted by molar-refractivity contribution is -0.130. The average molecular weight is 409 g/mol. The van der Waals surface area contributed by atoms with Crippen LogP contribution in [0, 0.1) is 0 Å². The van der Waals surface area contributed by atoms with Crippen molar-refractivity contribution in [3.63, 3.8) is 0 Å². The molecule has 2 aromatic rings. The van der Waals surface area contributed by atoms with Gasteiger partial charge in [-0.1, -0.05) is 35.3 Å². The molecule has 26 heavy (non-hydrogen) atoms. The van der Waals surface area contributed by atoms with Crippen molar-refractivity contribution in [1.29, 1.82) is 0 Å². The molecule has 7 heteroatoms. The summed E-state index contributed by atoms with van der Waals surface area (Å²) in [6.07, 6.45) is 0.374. The summed E-state index contributed by atoms with van der Waals surface area (Å²) >= 11 is 13.9. The lowest BCUT2D eigenvalue weighted by Gasteiger charge is -2.26. The van der Waals surface area contributed by atoms with Crippen LogP contribution in [0.3, 0.4) is 0 Å². The van der Waals surface area contributed by atoms with Gasteiger partial charge in [-0.25, -0.2) is 0 Å². The van der Waals surface area contributed by atoms with Crippen LogP contribution < -0.4 is 5.32 Å². The van der Waals surface area contributed by atoms with Gasteiger partial charge in [0, 0.05) is 35.3 Å². The molecule has 0 spiro atoms. The van der Waals surface area contributed by atoms with Crippen LogP contribution in [0.25, 0.3) is 0 Å². The first-order valence-electron chi connectivity index (χ1n) is 8.24. The molecule has 0 atom stereocenters. The van der Waals surface area contributed by atoms with Gasteiger partial charge in [0.15, 0.2) is 0 Å². The maximum Gasteiger partial charge on any atom is 0.257 e. The molecule has 0 saturated carbocycles. The Labute approximate surface area is 166 Å². The lowest BCUT2D eigenvalue weighted by Crippen LogP contribution is -2.38. The number of thioether (sulfide) groups is 1. The Kier molecular flexibility index (Phi) is 6.46. The van der Waals surface area contributed by atoms with Gasteiger partial charge in [-0.3, -0.25) is 9.59 Å². The molecule has 1 N–H and O–H groups in total. The third-order valence-electron chi connectivity index (χ3n) is 4.10. The van der Waals surface area contributed by atoms with Gasteiger partial charge in [-0.15, -0.1) is 0 Å². The Morgan fingerprint density at radius 2 is 1.73 bits per heavy atom. The van der Waals surface area contributed by atoms with Crippen LogP contribution in [0.15, 0.2) is 42.5 Å². The molecule has 0 bridgehead atoms. The Balaban J connectivity index is 1.61. The van der Waals surface area contributed by atoms with E-state index in [0.29, 0.717) is 27.7 Å². The quantitative estimate of drug-likeness (QED) is 0.816. The van der Waals surface area contributed by atoms with Gasteiger partial charge < -0.3 is 10.2 Å². The second kappa shape index (κ2) is 8.80. The van der Waals surface area contributed by atoms with Gasteiger partial charge in [0.25, 0.3) is 5.91 Å². The van der Waals surface area contributed by atoms with Crippen LogP contribution in [0.1, 0.15) is 15.9 Å². The van der Waals surface area contributed by atoms with Gasteiger partial charge in [0.2, 0.25) is 5.91 Å². The normalized spacial score (nSPS) is 14.2. The summed E-state index contributed by atoms with van der Waals surface area (Å²) in [6.45, 7) is 1.63. The number of halogens is 2. The first kappa shape index (κ1) is 19.1. The molecule has 2 aromatic carbocycles. The van der Waals surface area contributed by atoms with Crippen molar-refractivity contribution in [3.8, 4) is 0 Å². The van der Waals surface area contributed by atoms with E-state index in [1.54, 1.807) is 24.3 Å². The van der Waals surface area contributed by atoms with Crippen LogP contribution in [0.2, 0.25) is 10.0 Å². The molecule has 0 radical (unpaired) electrons. The highest BCUT2D eigenvalue weighted by atomic mass is 35.5. The summed E-state index contributed by atoms with van der Waals surface area (Å²) in [6, 6.07) is 12.0. The van der Waals surface area contributed by atoms with Crippen molar-refractivity contribution in [2.24, 2.45) is 0 Å². The fourth-order valence-electron chi connectivity index (χ4n) is 2.68.